The number of hydrogen-bond acceptors (Lipinski definition) is 8. The monoisotopic (exact) mass is 210 g/mol. The molecule has 1 aliphatic rings. The van der Waals surface area contributed by atoms with Crippen molar-refractivity contribution in [2.24, 2.45) is 0 Å². The molecule has 8 nitrogen and oxygen atoms in total. The van der Waals surface area contributed by atoms with Gasteiger partial charge in [0.05, 0.1) is 0 Å². The smallest absolute Gasteiger partial charge is 0.220 e. The lowest BCUT2D eigenvalue weighted by atomic mass is 10.5. The first-order valence-electron chi connectivity index (χ1n) is 3.68. The molecule has 0 bridgehead atoms. The molecule has 1 rings (SSSR count). The predicted octanol–water partition coefficient (Wildman–Crippen LogP) is -3.15. The summed E-state index contributed by atoms with van der Waals surface area (Å²) in [5.74, 6) is 0. The minimum absolute atomic E-state index is 0.216. The maximum atomic E-state index is 10.3. The maximum absolute atomic E-state index is 10.3. The lowest BCUT2D eigenvalue weighted by molar-refractivity contribution is -0.429. The number of carbonyl (C=O) groups excluding carboxylic acids is 1. The molecule has 2 unspecified atom stereocenters. The molecule has 0 aromatic rings. The van der Waals surface area contributed by atoms with Crippen LogP contribution in [0.25, 0.3) is 0 Å². The van der Waals surface area contributed by atoms with Crippen molar-refractivity contribution < 1.29 is 39.4 Å². The Kier molecular flexibility index (Phi) is 3.89. The first-order valence-corrected chi connectivity index (χ1v) is 3.68. The van der Waals surface area contributed by atoms with Gasteiger partial charge in [0.2, 0.25) is 31.5 Å². The normalized spacial score (nSPS) is 33.7. The Bertz CT molecular complexity index is 176. The summed E-state index contributed by atoms with van der Waals surface area (Å²) in [4.78, 5) is 10.3. The summed E-state index contributed by atoms with van der Waals surface area (Å²) in [6.07, 6.45) is -8.36. The third kappa shape index (κ3) is 2.69. The Hall–Kier alpha value is -0.610. The first-order chi connectivity index (χ1) is 6.54. The fourth-order valence-corrected chi connectivity index (χ4v) is 0.838. The topological polar surface area (TPSA) is 126 Å². The summed E-state index contributed by atoms with van der Waals surface area (Å²) in [5, 5.41) is 34.6. The molecule has 0 spiro atoms. The number of aliphatic hydroxyl groups excluding tert-OH is 2. The highest BCUT2D eigenvalue weighted by Gasteiger charge is 2.37. The van der Waals surface area contributed by atoms with Crippen LogP contribution in [0.2, 0.25) is 0 Å². The van der Waals surface area contributed by atoms with Crippen molar-refractivity contribution in [3.05, 3.63) is 0 Å². The lowest BCUT2D eigenvalue weighted by Crippen LogP contribution is -2.50. The molecule has 4 N–H and O–H groups in total. The van der Waals surface area contributed by atoms with Crippen LogP contribution in [0, 0.1) is 0 Å². The van der Waals surface area contributed by atoms with Crippen molar-refractivity contribution in [1.29, 1.82) is 0 Å². The zero-order valence-electron chi connectivity index (χ0n) is 6.89. The highest BCUT2D eigenvalue weighted by molar-refractivity contribution is 5.53. The molecule has 0 aromatic carbocycles. The minimum Gasteiger partial charge on any atom is -0.364 e. The van der Waals surface area contributed by atoms with Gasteiger partial charge in [-0.3, -0.25) is 4.79 Å². The highest BCUT2D eigenvalue weighted by atomic mass is 16.9. The molecule has 8 heteroatoms. The van der Waals surface area contributed by atoms with Gasteiger partial charge in [0, 0.05) is 0 Å². The highest BCUT2D eigenvalue weighted by Crippen LogP contribution is 2.17. The minimum atomic E-state index is -2.01. The van der Waals surface area contributed by atoms with Gasteiger partial charge in [-0.1, -0.05) is 0 Å². The van der Waals surface area contributed by atoms with Crippen LogP contribution >= 0.6 is 0 Å². The van der Waals surface area contributed by atoms with Crippen LogP contribution in [0.15, 0.2) is 0 Å². The van der Waals surface area contributed by atoms with E-state index >= 15 is 0 Å². The molecule has 14 heavy (non-hydrogen) atoms. The van der Waals surface area contributed by atoms with E-state index < -0.39 is 31.5 Å². The maximum Gasteiger partial charge on any atom is 0.220 e. The third-order valence-corrected chi connectivity index (χ3v) is 1.40. The van der Waals surface area contributed by atoms with E-state index in [1.807, 2.05) is 0 Å². The Morgan fingerprint density at radius 1 is 0.929 bits per heavy atom. The number of rotatable bonds is 3. The average molecular weight is 210 g/mol. The molecule has 0 aliphatic carbocycles. The molecule has 1 aliphatic heterocycles. The van der Waals surface area contributed by atoms with Crippen molar-refractivity contribution in [3.63, 3.8) is 0 Å². The van der Waals surface area contributed by atoms with E-state index in [0.29, 0.717) is 0 Å². The second-order valence-electron chi connectivity index (χ2n) is 2.48. The number of aldehydes is 1. The number of aliphatic hydroxyl groups is 4. The van der Waals surface area contributed by atoms with E-state index in [2.05, 4.69) is 14.2 Å². The second-order valence-corrected chi connectivity index (χ2v) is 2.48. The van der Waals surface area contributed by atoms with Gasteiger partial charge in [-0.25, -0.2) is 0 Å². The SMILES string of the molecule is O=CC1OC(C(O)O)OC(C(O)O)O1. The molecule has 0 saturated carbocycles. The Balaban J connectivity index is 2.61. The summed E-state index contributed by atoms with van der Waals surface area (Å²) in [6.45, 7) is 0. The quantitative estimate of drug-likeness (QED) is 0.284. The van der Waals surface area contributed by atoms with Crippen molar-refractivity contribution >= 4 is 6.29 Å². The average Bonchev–Trinajstić information content (AvgIpc) is 2.16. The van der Waals surface area contributed by atoms with Gasteiger partial charge in [0.25, 0.3) is 0 Å². The standard InChI is InChI=1S/C6H10O8/c7-1-2-12-5(3(8)9)14-6(13-2)4(10)11/h1-6,8-11H. The molecule has 0 amide bonds. The van der Waals surface area contributed by atoms with Gasteiger partial charge in [0.15, 0.2) is 6.29 Å². The van der Waals surface area contributed by atoms with Crippen LogP contribution in [0.3, 0.4) is 0 Å². The molecule has 1 heterocycles. The summed E-state index contributed by atoms with van der Waals surface area (Å²) in [7, 11) is 0. The molecule has 82 valence electrons. The fraction of sp³-hybridized carbons (Fsp3) is 0.833. The summed E-state index contributed by atoms with van der Waals surface area (Å²) in [5.41, 5.74) is 0. The van der Waals surface area contributed by atoms with E-state index in [0.717, 1.165) is 0 Å². The van der Waals surface area contributed by atoms with Crippen LogP contribution in [-0.4, -0.2) is 58.2 Å². The zero-order valence-corrected chi connectivity index (χ0v) is 6.89. The van der Waals surface area contributed by atoms with E-state index in [-0.39, 0.29) is 6.29 Å². The largest absolute Gasteiger partial charge is 0.364 e. The van der Waals surface area contributed by atoms with Crippen molar-refractivity contribution in [2.75, 3.05) is 0 Å². The summed E-state index contributed by atoms with van der Waals surface area (Å²) in [6, 6.07) is 0. The molecular formula is C6H10O8. The van der Waals surface area contributed by atoms with Crippen molar-refractivity contribution in [1.82, 2.24) is 0 Å². The molecule has 1 fully saturated rings. The second kappa shape index (κ2) is 4.75. The summed E-state index contributed by atoms with van der Waals surface area (Å²) < 4.78 is 13.6. The van der Waals surface area contributed by atoms with E-state index in [1.54, 1.807) is 0 Å². The lowest BCUT2D eigenvalue weighted by Gasteiger charge is -2.34. The molecular weight excluding hydrogens is 200 g/mol. The number of carbonyl (C=O) groups is 1. The molecule has 1 saturated heterocycles. The predicted molar refractivity (Wildman–Crippen MR) is 37.1 cm³/mol. The number of ether oxygens (including phenoxy) is 3. The third-order valence-electron chi connectivity index (χ3n) is 1.40. The van der Waals surface area contributed by atoms with Gasteiger partial charge in [-0.2, -0.15) is 0 Å². The molecule has 0 aromatic heterocycles. The van der Waals surface area contributed by atoms with Crippen LogP contribution in [-0.2, 0) is 19.0 Å². The number of hydrogen-bond donors (Lipinski definition) is 4. The molecule has 0 radical (unpaired) electrons. The van der Waals surface area contributed by atoms with Crippen LogP contribution in [0.1, 0.15) is 0 Å². The van der Waals surface area contributed by atoms with Gasteiger partial charge < -0.3 is 34.6 Å². The fourth-order valence-electron chi connectivity index (χ4n) is 0.838. The Morgan fingerprint density at radius 2 is 1.36 bits per heavy atom. The van der Waals surface area contributed by atoms with E-state index in [9.17, 15) is 4.79 Å². The van der Waals surface area contributed by atoms with Crippen LogP contribution in [0.5, 0.6) is 0 Å². The van der Waals surface area contributed by atoms with E-state index in [1.165, 1.54) is 0 Å². The van der Waals surface area contributed by atoms with Gasteiger partial charge in [-0.05, 0) is 0 Å². The van der Waals surface area contributed by atoms with Gasteiger partial charge >= 0.3 is 0 Å². The zero-order chi connectivity index (χ0) is 10.7. The first kappa shape index (κ1) is 11.5. The van der Waals surface area contributed by atoms with Gasteiger partial charge in [-0.15, -0.1) is 0 Å². The van der Waals surface area contributed by atoms with Crippen LogP contribution in [0.4, 0.5) is 0 Å². The Morgan fingerprint density at radius 3 is 1.64 bits per heavy atom. The van der Waals surface area contributed by atoms with Crippen molar-refractivity contribution in [2.45, 2.75) is 31.5 Å². The molecule has 2 atom stereocenters. The van der Waals surface area contributed by atoms with Crippen LogP contribution < -0.4 is 0 Å². The van der Waals surface area contributed by atoms with Gasteiger partial charge in [0.1, 0.15) is 0 Å². The Labute approximate surface area is 78.2 Å². The van der Waals surface area contributed by atoms with Crippen molar-refractivity contribution in [3.8, 4) is 0 Å². The summed E-state index contributed by atoms with van der Waals surface area (Å²) >= 11 is 0. The van der Waals surface area contributed by atoms with E-state index in [4.69, 9.17) is 20.4 Å².